The fourth-order valence-electron chi connectivity index (χ4n) is 0.601. The second-order valence-corrected chi connectivity index (χ2v) is 4.89. The van der Waals surface area contributed by atoms with Crippen LogP contribution in [0.25, 0.3) is 0 Å². The van der Waals surface area contributed by atoms with Crippen molar-refractivity contribution in [1.82, 2.24) is 5.48 Å². The van der Waals surface area contributed by atoms with Gasteiger partial charge >= 0.3 is 0 Å². The normalized spacial score (nSPS) is 11.5. The lowest BCUT2D eigenvalue weighted by molar-refractivity contribution is -0.125. The van der Waals surface area contributed by atoms with Crippen LogP contribution in [0, 0.1) is 0 Å². The molecule has 0 saturated heterocycles. The summed E-state index contributed by atoms with van der Waals surface area (Å²) in [5.41, 5.74) is 7.20. The highest BCUT2D eigenvalue weighted by Crippen LogP contribution is 1.86. The second-order valence-electron chi connectivity index (χ2n) is 2.63. The first-order chi connectivity index (χ1) is 5.92. The molecule has 0 heterocycles. The third-order valence-corrected chi connectivity index (χ3v) is 2.14. The van der Waals surface area contributed by atoms with Crippen LogP contribution in [0.2, 0.25) is 0 Å². The number of rotatable bonds is 7. The van der Waals surface area contributed by atoms with Gasteiger partial charge in [-0.1, -0.05) is 0 Å². The maximum absolute atomic E-state index is 10.6. The van der Waals surface area contributed by atoms with E-state index in [-0.39, 0.29) is 12.4 Å². The van der Waals surface area contributed by atoms with E-state index in [2.05, 4.69) is 10.3 Å². The van der Waals surface area contributed by atoms with E-state index in [1.807, 2.05) is 0 Å². The van der Waals surface area contributed by atoms with Crippen LogP contribution in [0.1, 0.15) is 6.42 Å². The summed E-state index contributed by atoms with van der Waals surface area (Å²) in [6.07, 6.45) is 1.61. The predicted molar refractivity (Wildman–Crippen MR) is 47.5 cm³/mol. The van der Waals surface area contributed by atoms with Crippen molar-refractivity contribution in [2.24, 2.45) is 5.73 Å². The largest absolute Gasteiger partial charge is 0.368 e. The summed E-state index contributed by atoms with van der Waals surface area (Å²) < 4.78 is 21.3. The number of nitrogens with one attached hydrogen (secondary N) is 1. The summed E-state index contributed by atoms with van der Waals surface area (Å²) in [6.45, 7) is 0.166. The van der Waals surface area contributed by atoms with Gasteiger partial charge in [0, 0.05) is 12.8 Å². The Morgan fingerprint density at radius 3 is 2.62 bits per heavy atom. The van der Waals surface area contributed by atoms with Crippen molar-refractivity contribution in [3.63, 3.8) is 0 Å². The Labute approximate surface area is 77.3 Å². The summed E-state index contributed by atoms with van der Waals surface area (Å²) in [5.74, 6) is -0.476. The van der Waals surface area contributed by atoms with Crippen LogP contribution >= 0.6 is 0 Å². The lowest BCUT2D eigenvalue weighted by Crippen LogP contribution is -2.26. The lowest BCUT2D eigenvalue weighted by Gasteiger charge is -2.02. The van der Waals surface area contributed by atoms with Crippen LogP contribution in [0.4, 0.5) is 0 Å². The molecule has 0 aromatic rings. The van der Waals surface area contributed by atoms with E-state index < -0.39 is 15.7 Å². The molecule has 1 amide bonds. The first kappa shape index (κ1) is 12.3. The molecule has 0 aromatic heterocycles. The lowest BCUT2D eigenvalue weighted by atomic mass is 10.5. The molecule has 0 aliphatic rings. The van der Waals surface area contributed by atoms with Crippen molar-refractivity contribution in [3.8, 4) is 0 Å². The third-order valence-electron chi connectivity index (χ3n) is 1.11. The van der Waals surface area contributed by atoms with Gasteiger partial charge in [0.2, 0.25) is 5.91 Å². The zero-order valence-corrected chi connectivity index (χ0v) is 8.26. The minimum Gasteiger partial charge on any atom is -0.368 e. The van der Waals surface area contributed by atoms with Gasteiger partial charge in [-0.25, -0.2) is 13.9 Å². The highest BCUT2D eigenvalue weighted by Gasteiger charge is 2.00. The Morgan fingerprint density at radius 2 is 2.15 bits per heavy atom. The topological polar surface area (TPSA) is 98.5 Å². The minimum absolute atomic E-state index is 0.0972. The molecule has 0 radical (unpaired) electrons. The fraction of sp³-hybridized carbons (Fsp3) is 0.833. The van der Waals surface area contributed by atoms with Gasteiger partial charge in [-0.2, -0.15) is 0 Å². The van der Waals surface area contributed by atoms with Gasteiger partial charge in [-0.15, -0.1) is 0 Å². The summed E-state index contributed by atoms with van der Waals surface area (Å²) in [4.78, 5) is 14.7. The number of hydrogen-bond donors (Lipinski definition) is 2. The minimum atomic E-state index is -2.91. The Morgan fingerprint density at radius 1 is 1.54 bits per heavy atom. The van der Waals surface area contributed by atoms with Gasteiger partial charge in [-0.05, 0) is 6.42 Å². The molecule has 0 atom stereocenters. The van der Waals surface area contributed by atoms with Crippen molar-refractivity contribution in [3.05, 3.63) is 0 Å². The van der Waals surface area contributed by atoms with E-state index in [9.17, 15) is 13.2 Å². The maximum atomic E-state index is 10.6. The molecule has 3 N–H and O–H groups in total. The smallest absolute Gasteiger partial charge is 0.245 e. The molecule has 0 aliphatic carbocycles. The quantitative estimate of drug-likeness (QED) is 0.390. The van der Waals surface area contributed by atoms with Crippen molar-refractivity contribution < 1.29 is 18.0 Å². The Kier molecular flexibility index (Phi) is 5.60. The second kappa shape index (κ2) is 5.90. The van der Waals surface area contributed by atoms with E-state index in [0.29, 0.717) is 13.0 Å². The van der Waals surface area contributed by atoms with E-state index >= 15 is 0 Å². The number of carbonyl (C=O) groups is 1. The van der Waals surface area contributed by atoms with E-state index in [1.54, 1.807) is 0 Å². The molecule has 7 heteroatoms. The number of primary amides is 1. The van der Waals surface area contributed by atoms with Gasteiger partial charge < -0.3 is 5.73 Å². The first-order valence-corrected chi connectivity index (χ1v) is 5.78. The van der Waals surface area contributed by atoms with Gasteiger partial charge in [-0.3, -0.25) is 9.63 Å². The summed E-state index contributed by atoms with van der Waals surface area (Å²) in [7, 11) is -2.91. The zero-order valence-electron chi connectivity index (χ0n) is 7.45. The molecule has 6 nitrogen and oxygen atoms in total. The van der Waals surface area contributed by atoms with Gasteiger partial charge in [0.15, 0.2) is 0 Å². The summed E-state index contributed by atoms with van der Waals surface area (Å²) >= 11 is 0. The number of amides is 1. The zero-order chi connectivity index (χ0) is 10.3. The van der Waals surface area contributed by atoms with E-state index in [4.69, 9.17) is 5.73 Å². The maximum Gasteiger partial charge on any atom is 0.245 e. The fourth-order valence-corrected chi connectivity index (χ4v) is 1.27. The number of carbonyl (C=O) groups excluding carboxylic acids is 1. The van der Waals surface area contributed by atoms with E-state index in [0.717, 1.165) is 6.26 Å². The van der Waals surface area contributed by atoms with Gasteiger partial charge in [0.1, 0.15) is 16.4 Å². The van der Waals surface area contributed by atoms with Crippen LogP contribution in [-0.4, -0.2) is 39.5 Å². The number of hydrogen-bond acceptors (Lipinski definition) is 5. The van der Waals surface area contributed by atoms with Crippen LogP contribution in [0.15, 0.2) is 0 Å². The van der Waals surface area contributed by atoms with E-state index in [1.165, 1.54) is 0 Å². The predicted octanol–water partition coefficient (Wildman–Crippen LogP) is -1.57. The number of sulfone groups is 1. The van der Waals surface area contributed by atoms with Crippen molar-refractivity contribution in [1.29, 1.82) is 0 Å². The average Bonchev–Trinajstić information content (AvgIpc) is 1.93. The standard InChI is InChI=1S/C6H14N2O4S/c1-13(10,11)4-2-3-8-12-5-6(7)9/h8H,2-5H2,1H3,(H2,7,9). The summed E-state index contributed by atoms with van der Waals surface area (Å²) in [5, 5.41) is 0. The number of nitrogens with two attached hydrogens (primary N) is 1. The molecular formula is C6H14N2O4S. The molecule has 0 aliphatic heterocycles. The monoisotopic (exact) mass is 210 g/mol. The molecule has 0 saturated carbocycles. The van der Waals surface area contributed by atoms with Crippen LogP contribution in [0.3, 0.4) is 0 Å². The molecule has 0 spiro atoms. The van der Waals surface area contributed by atoms with Crippen LogP contribution in [0.5, 0.6) is 0 Å². The molecule has 0 unspecified atom stereocenters. The molecule has 0 fully saturated rings. The SMILES string of the molecule is CS(=O)(=O)CCCNOCC(N)=O. The van der Waals surface area contributed by atoms with Gasteiger partial charge in [0.05, 0.1) is 5.75 Å². The third kappa shape index (κ3) is 11.3. The Hall–Kier alpha value is -0.660. The van der Waals surface area contributed by atoms with Crippen molar-refractivity contribution >= 4 is 15.7 Å². The molecular weight excluding hydrogens is 196 g/mol. The highest BCUT2D eigenvalue weighted by molar-refractivity contribution is 7.90. The highest BCUT2D eigenvalue weighted by atomic mass is 32.2. The molecule has 78 valence electrons. The Balaban J connectivity index is 3.23. The number of hydroxylamine groups is 1. The van der Waals surface area contributed by atoms with Crippen molar-refractivity contribution in [2.75, 3.05) is 25.2 Å². The first-order valence-electron chi connectivity index (χ1n) is 3.72. The molecule has 0 bridgehead atoms. The molecule has 0 aromatic carbocycles. The van der Waals surface area contributed by atoms with Crippen molar-refractivity contribution in [2.45, 2.75) is 6.42 Å². The average molecular weight is 210 g/mol. The van der Waals surface area contributed by atoms with Gasteiger partial charge in [0.25, 0.3) is 0 Å². The van der Waals surface area contributed by atoms with Crippen LogP contribution in [-0.2, 0) is 19.5 Å². The molecule has 13 heavy (non-hydrogen) atoms. The van der Waals surface area contributed by atoms with Crippen LogP contribution < -0.4 is 11.2 Å². The summed E-state index contributed by atoms with van der Waals surface area (Å²) in [6, 6.07) is 0. The molecule has 0 rings (SSSR count). The Bertz CT molecular complexity index is 249.